The van der Waals surface area contributed by atoms with Gasteiger partial charge in [0, 0.05) is 23.7 Å². The molecule has 3 rings (SSSR count). The summed E-state index contributed by atoms with van der Waals surface area (Å²) in [6.07, 6.45) is 1.91. The van der Waals surface area contributed by atoms with Crippen molar-refractivity contribution in [3.63, 3.8) is 0 Å². The highest BCUT2D eigenvalue weighted by atomic mass is 32.2. The molecule has 1 atom stereocenters. The number of rotatable bonds is 6. The monoisotopic (exact) mass is 435 g/mol. The molecule has 0 saturated carbocycles. The van der Waals surface area contributed by atoms with Crippen molar-refractivity contribution in [1.82, 2.24) is 9.62 Å². The minimum Gasteiger partial charge on any atom is -0.342 e. The van der Waals surface area contributed by atoms with Crippen LogP contribution < -0.4 is 10.6 Å². The molecule has 1 aliphatic heterocycles. The Labute approximate surface area is 175 Å². The Hall–Kier alpha value is -2.23. The molecule has 2 N–H and O–H groups in total. The van der Waals surface area contributed by atoms with Gasteiger partial charge in [-0.3, -0.25) is 9.59 Å². The van der Waals surface area contributed by atoms with Gasteiger partial charge in [0.25, 0.3) is 5.91 Å². The third kappa shape index (κ3) is 5.43. The maximum absolute atomic E-state index is 12.8. The molecule has 1 aromatic heterocycles. The molecule has 2 amide bonds. The second-order valence-corrected chi connectivity index (χ2v) is 10.5. The van der Waals surface area contributed by atoms with Crippen LogP contribution in [0.1, 0.15) is 34.3 Å². The van der Waals surface area contributed by atoms with Gasteiger partial charge in [-0.05, 0) is 62.1 Å². The zero-order valence-electron chi connectivity index (χ0n) is 16.5. The van der Waals surface area contributed by atoms with E-state index in [2.05, 4.69) is 17.6 Å². The van der Waals surface area contributed by atoms with Gasteiger partial charge in [-0.1, -0.05) is 6.92 Å². The van der Waals surface area contributed by atoms with Crippen LogP contribution in [0.25, 0.3) is 0 Å². The van der Waals surface area contributed by atoms with Crippen molar-refractivity contribution >= 4 is 38.9 Å². The van der Waals surface area contributed by atoms with E-state index >= 15 is 0 Å². The van der Waals surface area contributed by atoms with Gasteiger partial charge in [0.2, 0.25) is 15.9 Å². The van der Waals surface area contributed by atoms with Gasteiger partial charge in [0.15, 0.2) is 0 Å². The molecule has 2 aromatic rings. The Kier molecular flexibility index (Phi) is 6.71. The average molecular weight is 436 g/mol. The third-order valence-electron chi connectivity index (χ3n) is 4.77. The van der Waals surface area contributed by atoms with E-state index in [9.17, 15) is 18.0 Å². The van der Waals surface area contributed by atoms with Crippen LogP contribution in [-0.2, 0) is 14.8 Å². The van der Waals surface area contributed by atoms with E-state index in [1.165, 1.54) is 27.8 Å². The molecule has 1 saturated heterocycles. The summed E-state index contributed by atoms with van der Waals surface area (Å²) < 4.78 is 27.1. The first kappa shape index (κ1) is 21.5. The number of thiophene rings is 1. The maximum atomic E-state index is 12.8. The lowest BCUT2D eigenvalue weighted by atomic mass is 10.0. The number of nitrogens with zero attached hydrogens (tertiary/aromatic N) is 1. The number of anilines is 1. The average Bonchev–Trinajstić information content (AvgIpc) is 3.13. The number of aryl methyl sites for hydroxylation is 1. The summed E-state index contributed by atoms with van der Waals surface area (Å²) in [6.45, 7) is 4.86. The van der Waals surface area contributed by atoms with Gasteiger partial charge >= 0.3 is 0 Å². The number of hydrogen-bond donors (Lipinski definition) is 2. The molecule has 1 aliphatic rings. The molecule has 0 bridgehead atoms. The van der Waals surface area contributed by atoms with E-state index in [1.807, 2.05) is 13.0 Å². The smallest absolute Gasteiger partial charge is 0.261 e. The highest BCUT2D eigenvalue weighted by Crippen LogP contribution is 2.24. The Morgan fingerprint density at radius 1 is 1.17 bits per heavy atom. The maximum Gasteiger partial charge on any atom is 0.261 e. The first-order valence-corrected chi connectivity index (χ1v) is 11.8. The molecule has 0 aliphatic carbocycles. The van der Waals surface area contributed by atoms with Gasteiger partial charge in [-0.25, -0.2) is 8.42 Å². The van der Waals surface area contributed by atoms with E-state index < -0.39 is 10.0 Å². The Morgan fingerprint density at radius 3 is 2.52 bits per heavy atom. The van der Waals surface area contributed by atoms with Crippen LogP contribution in [0.15, 0.2) is 41.3 Å². The molecular weight excluding hydrogens is 410 g/mol. The number of carbonyl (C=O) groups is 2. The minimum absolute atomic E-state index is 0.165. The number of amides is 2. The molecule has 1 aromatic carbocycles. The van der Waals surface area contributed by atoms with E-state index in [-0.39, 0.29) is 23.3 Å². The van der Waals surface area contributed by atoms with Crippen LogP contribution >= 0.6 is 11.3 Å². The molecule has 9 heteroatoms. The standard InChI is InChI=1S/C20H25N3O4S2/c1-14-4-3-11-23(13-14)29(26,27)17-8-6-16(7-9-17)22-19(24)12-21-20(25)18-10-5-15(2)28-18/h5-10,14H,3-4,11-13H2,1-2H3,(H,21,25)(H,22,24). The van der Waals surface area contributed by atoms with Crippen LogP contribution in [0, 0.1) is 12.8 Å². The number of sulfonamides is 1. The SMILES string of the molecule is Cc1ccc(C(=O)NCC(=O)Nc2ccc(S(=O)(=O)N3CCCC(C)C3)cc2)s1. The van der Waals surface area contributed by atoms with Crippen molar-refractivity contribution in [2.45, 2.75) is 31.6 Å². The van der Waals surface area contributed by atoms with Gasteiger partial charge < -0.3 is 10.6 Å². The van der Waals surface area contributed by atoms with E-state index in [0.717, 1.165) is 17.7 Å². The van der Waals surface area contributed by atoms with Crippen molar-refractivity contribution in [2.75, 3.05) is 25.0 Å². The molecule has 7 nitrogen and oxygen atoms in total. The summed E-state index contributed by atoms with van der Waals surface area (Å²) in [5.41, 5.74) is 0.474. The normalized spacial score (nSPS) is 17.7. The van der Waals surface area contributed by atoms with Gasteiger partial charge in [0.1, 0.15) is 0 Å². The molecule has 0 radical (unpaired) electrons. The van der Waals surface area contributed by atoms with Crippen LogP contribution in [-0.4, -0.2) is 44.2 Å². The summed E-state index contributed by atoms with van der Waals surface area (Å²) in [4.78, 5) is 25.8. The van der Waals surface area contributed by atoms with Crippen molar-refractivity contribution in [1.29, 1.82) is 0 Å². The van der Waals surface area contributed by atoms with Gasteiger partial charge in [-0.2, -0.15) is 4.31 Å². The molecule has 1 fully saturated rings. The highest BCUT2D eigenvalue weighted by Gasteiger charge is 2.28. The van der Waals surface area contributed by atoms with Gasteiger partial charge in [0.05, 0.1) is 16.3 Å². The summed E-state index contributed by atoms with van der Waals surface area (Å²) in [5, 5.41) is 5.23. The van der Waals surface area contributed by atoms with Crippen molar-refractivity contribution in [2.24, 2.45) is 5.92 Å². The fourth-order valence-electron chi connectivity index (χ4n) is 3.23. The van der Waals surface area contributed by atoms with Gasteiger partial charge in [-0.15, -0.1) is 11.3 Å². The van der Waals surface area contributed by atoms with E-state index in [1.54, 1.807) is 18.2 Å². The predicted octanol–water partition coefficient (Wildman–Crippen LogP) is 2.85. The largest absolute Gasteiger partial charge is 0.342 e. The number of nitrogens with one attached hydrogen (secondary N) is 2. The second kappa shape index (κ2) is 9.06. The van der Waals surface area contributed by atoms with Crippen LogP contribution in [0.3, 0.4) is 0 Å². The quantitative estimate of drug-likeness (QED) is 0.729. The first-order valence-electron chi connectivity index (χ1n) is 9.50. The number of carbonyl (C=O) groups excluding carboxylic acids is 2. The van der Waals surface area contributed by atoms with Crippen LogP contribution in [0.4, 0.5) is 5.69 Å². The van der Waals surface area contributed by atoms with Crippen molar-refractivity contribution < 1.29 is 18.0 Å². The lowest BCUT2D eigenvalue weighted by Crippen LogP contribution is -2.39. The lowest BCUT2D eigenvalue weighted by molar-refractivity contribution is -0.115. The minimum atomic E-state index is -3.53. The van der Waals surface area contributed by atoms with Crippen LogP contribution in [0.2, 0.25) is 0 Å². The summed E-state index contributed by atoms with van der Waals surface area (Å²) in [5.74, 6) is -0.326. The summed E-state index contributed by atoms with van der Waals surface area (Å²) in [6, 6.07) is 9.68. The second-order valence-electron chi connectivity index (χ2n) is 7.28. The summed E-state index contributed by atoms with van der Waals surface area (Å²) in [7, 11) is -3.53. The number of piperidine rings is 1. The Bertz CT molecular complexity index is 983. The fraction of sp³-hybridized carbons (Fsp3) is 0.400. The van der Waals surface area contributed by atoms with Crippen LogP contribution in [0.5, 0.6) is 0 Å². The molecular formula is C20H25N3O4S2. The number of hydrogen-bond acceptors (Lipinski definition) is 5. The zero-order valence-corrected chi connectivity index (χ0v) is 18.1. The predicted molar refractivity (Wildman–Crippen MR) is 114 cm³/mol. The fourth-order valence-corrected chi connectivity index (χ4v) is 5.62. The van der Waals surface area contributed by atoms with Crippen molar-refractivity contribution in [3.05, 3.63) is 46.2 Å². The highest BCUT2D eigenvalue weighted by molar-refractivity contribution is 7.89. The molecule has 2 heterocycles. The number of benzene rings is 1. The summed E-state index contributed by atoms with van der Waals surface area (Å²) >= 11 is 1.36. The molecule has 0 spiro atoms. The topological polar surface area (TPSA) is 95.6 Å². The third-order valence-corrected chi connectivity index (χ3v) is 7.65. The van der Waals surface area contributed by atoms with E-state index in [4.69, 9.17) is 0 Å². The van der Waals surface area contributed by atoms with Crippen molar-refractivity contribution in [3.8, 4) is 0 Å². The molecule has 29 heavy (non-hydrogen) atoms. The lowest BCUT2D eigenvalue weighted by Gasteiger charge is -2.30. The Balaban J connectivity index is 1.55. The Morgan fingerprint density at radius 2 is 1.90 bits per heavy atom. The zero-order chi connectivity index (χ0) is 21.0. The first-order chi connectivity index (χ1) is 13.8. The molecule has 1 unspecified atom stereocenters. The van der Waals surface area contributed by atoms with E-state index in [0.29, 0.717) is 29.6 Å². The molecule has 156 valence electrons.